The smallest absolute Gasteiger partial charge is 0.228 e. The van der Waals surface area contributed by atoms with Gasteiger partial charge < -0.3 is 4.90 Å². The van der Waals surface area contributed by atoms with Crippen molar-refractivity contribution >= 4 is 50.7 Å². The number of halogens is 2. The first kappa shape index (κ1) is 14.7. The van der Waals surface area contributed by atoms with Crippen molar-refractivity contribution < 1.29 is 4.79 Å². The van der Waals surface area contributed by atoms with Gasteiger partial charge in [-0.2, -0.15) is 0 Å². The van der Waals surface area contributed by atoms with Gasteiger partial charge in [0.2, 0.25) is 5.91 Å². The lowest BCUT2D eigenvalue weighted by molar-refractivity contribution is -0.133. The number of benzene rings is 1. The number of thiazole rings is 1. The molecule has 6 heteroatoms. The third-order valence-electron chi connectivity index (χ3n) is 4.59. The van der Waals surface area contributed by atoms with E-state index in [1.54, 1.807) is 11.3 Å². The zero-order chi connectivity index (χ0) is 15.3. The van der Waals surface area contributed by atoms with Crippen molar-refractivity contribution in [1.29, 1.82) is 0 Å². The van der Waals surface area contributed by atoms with Gasteiger partial charge in [-0.25, -0.2) is 4.98 Å². The number of para-hydroxylation sites is 1. The molecule has 1 aliphatic carbocycles. The van der Waals surface area contributed by atoms with Gasteiger partial charge in [0, 0.05) is 19.0 Å². The molecule has 1 saturated heterocycles. The van der Waals surface area contributed by atoms with Gasteiger partial charge in [0.15, 0.2) is 0 Å². The average molecular weight is 355 g/mol. The lowest BCUT2D eigenvalue weighted by Crippen LogP contribution is -2.39. The molecule has 1 unspecified atom stereocenters. The molecule has 1 saturated carbocycles. The average Bonchev–Trinajstić information content (AvgIpc) is 2.98. The first-order chi connectivity index (χ1) is 10.5. The van der Waals surface area contributed by atoms with Gasteiger partial charge in [0.1, 0.15) is 4.33 Å². The molecular formula is C16H16Cl2N2OS. The monoisotopic (exact) mass is 354 g/mol. The number of fused-ring (bicyclic) bond motifs is 1. The maximum atomic E-state index is 12.3. The summed E-state index contributed by atoms with van der Waals surface area (Å²) < 4.78 is 0.420. The molecule has 2 aromatic rings. The molecule has 2 aliphatic rings. The minimum Gasteiger partial charge on any atom is -0.342 e. The summed E-state index contributed by atoms with van der Waals surface area (Å²) in [6.45, 7) is 1.56. The third kappa shape index (κ3) is 2.61. The van der Waals surface area contributed by atoms with E-state index in [4.69, 9.17) is 28.2 Å². The predicted octanol–water partition coefficient (Wildman–Crippen LogP) is 4.20. The fourth-order valence-electron chi connectivity index (χ4n) is 3.11. The second-order valence-electron chi connectivity index (χ2n) is 6.14. The Kier molecular flexibility index (Phi) is 3.59. The Morgan fingerprint density at radius 3 is 2.59 bits per heavy atom. The summed E-state index contributed by atoms with van der Waals surface area (Å²) >= 11 is 13.8. The highest BCUT2D eigenvalue weighted by Gasteiger charge is 2.57. The highest BCUT2D eigenvalue weighted by atomic mass is 35.5. The van der Waals surface area contributed by atoms with Crippen LogP contribution in [0.5, 0.6) is 0 Å². The molecule has 1 aromatic carbocycles. The third-order valence-corrected chi connectivity index (χ3v) is 6.62. The quantitative estimate of drug-likeness (QED) is 0.757. The van der Waals surface area contributed by atoms with E-state index < -0.39 is 4.33 Å². The van der Waals surface area contributed by atoms with Crippen LogP contribution in [0.2, 0.25) is 0 Å². The van der Waals surface area contributed by atoms with Crippen LogP contribution in [-0.4, -0.2) is 33.2 Å². The Labute approximate surface area is 143 Å². The highest BCUT2D eigenvalue weighted by Crippen LogP contribution is 2.54. The molecule has 1 atom stereocenters. The van der Waals surface area contributed by atoms with Gasteiger partial charge in [-0.05, 0) is 31.4 Å². The maximum Gasteiger partial charge on any atom is 0.228 e. The molecule has 0 spiro atoms. The molecule has 2 fully saturated rings. The lowest BCUT2D eigenvalue weighted by atomic mass is 9.97. The summed E-state index contributed by atoms with van der Waals surface area (Å²) in [6.07, 6.45) is 2.53. The number of carbonyl (C=O) groups is 1. The van der Waals surface area contributed by atoms with Crippen molar-refractivity contribution in [2.24, 2.45) is 5.92 Å². The van der Waals surface area contributed by atoms with Crippen molar-refractivity contribution in [2.45, 2.75) is 29.5 Å². The van der Waals surface area contributed by atoms with Crippen LogP contribution in [0.15, 0.2) is 24.3 Å². The van der Waals surface area contributed by atoms with Crippen LogP contribution in [0.4, 0.5) is 0 Å². The normalized spacial score (nSPS) is 24.6. The van der Waals surface area contributed by atoms with E-state index in [-0.39, 0.29) is 11.8 Å². The molecule has 1 amide bonds. The number of hydrogen-bond donors (Lipinski definition) is 0. The zero-order valence-corrected chi connectivity index (χ0v) is 14.3. The first-order valence-electron chi connectivity index (χ1n) is 7.57. The Balaban J connectivity index is 1.42. The molecule has 0 radical (unpaired) electrons. The lowest BCUT2D eigenvalue weighted by Gasteiger charge is -2.31. The second-order valence-corrected chi connectivity index (χ2v) is 8.74. The summed E-state index contributed by atoms with van der Waals surface area (Å²) in [4.78, 5) is 19.0. The van der Waals surface area contributed by atoms with Crippen LogP contribution in [0, 0.1) is 5.92 Å². The Hall–Kier alpha value is -0.840. The van der Waals surface area contributed by atoms with E-state index >= 15 is 0 Å². The molecule has 0 bridgehead atoms. The molecule has 2 heterocycles. The molecule has 4 rings (SSSR count). The first-order valence-corrected chi connectivity index (χ1v) is 9.14. The molecule has 1 aromatic heterocycles. The standard InChI is InChI=1S/C16H16Cl2N2OS/c17-16(18)9-11(16)15(21)20-7-5-10(6-8-20)14-19-12-3-1-2-4-13(12)22-14/h1-4,10-11H,5-9H2. The predicted molar refractivity (Wildman–Crippen MR) is 90.7 cm³/mol. The van der Waals surface area contributed by atoms with Crippen LogP contribution >= 0.6 is 34.5 Å². The zero-order valence-electron chi connectivity index (χ0n) is 12.0. The number of amides is 1. The van der Waals surface area contributed by atoms with Crippen LogP contribution in [0.25, 0.3) is 10.2 Å². The van der Waals surface area contributed by atoms with E-state index in [0.29, 0.717) is 12.3 Å². The number of rotatable bonds is 2. The number of carbonyl (C=O) groups excluding carboxylic acids is 1. The van der Waals surface area contributed by atoms with Gasteiger partial charge in [-0.3, -0.25) is 4.79 Å². The molecular weight excluding hydrogens is 339 g/mol. The van der Waals surface area contributed by atoms with E-state index in [9.17, 15) is 4.79 Å². The van der Waals surface area contributed by atoms with Gasteiger partial charge in [-0.1, -0.05) is 12.1 Å². The number of hydrogen-bond acceptors (Lipinski definition) is 3. The highest BCUT2D eigenvalue weighted by molar-refractivity contribution is 7.18. The van der Waals surface area contributed by atoms with Crippen molar-refractivity contribution in [3.05, 3.63) is 29.3 Å². The number of likely N-dealkylation sites (tertiary alicyclic amines) is 1. The number of piperidine rings is 1. The Morgan fingerprint density at radius 1 is 1.27 bits per heavy atom. The van der Waals surface area contributed by atoms with Gasteiger partial charge in [0.25, 0.3) is 0 Å². The summed E-state index contributed by atoms with van der Waals surface area (Å²) in [5.41, 5.74) is 1.08. The van der Waals surface area contributed by atoms with Crippen LogP contribution in [-0.2, 0) is 4.79 Å². The van der Waals surface area contributed by atoms with Gasteiger partial charge in [0.05, 0.1) is 21.1 Å². The van der Waals surface area contributed by atoms with Crippen molar-refractivity contribution in [1.82, 2.24) is 9.88 Å². The Bertz CT molecular complexity index is 689. The molecule has 0 N–H and O–H groups in total. The van der Waals surface area contributed by atoms with Gasteiger partial charge in [-0.15, -0.1) is 34.5 Å². The van der Waals surface area contributed by atoms with Crippen molar-refractivity contribution in [2.75, 3.05) is 13.1 Å². The van der Waals surface area contributed by atoms with Crippen LogP contribution in [0.3, 0.4) is 0 Å². The maximum absolute atomic E-state index is 12.3. The molecule has 22 heavy (non-hydrogen) atoms. The molecule has 116 valence electrons. The van der Waals surface area contributed by atoms with Crippen LogP contribution < -0.4 is 0 Å². The summed E-state index contributed by atoms with van der Waals surface area (Å²) in [5.74, 6) is 0.375. The summed E-state index contributed by atoms with van der Waals surface area (Å²) in [5, 5.41) is 1.20. The number of aromatic nitrogens is 1. The second kappa shape index (κ2) is 5.36. The molecule has 3 nitrogen and oxygen atoms in total. The summed E-state index contributed by atoms with van der Waals surface area (Å²) in [6, 6.07) is 8.24. The Morgan fingerprint density at radius 2 is 1.95 bits per heavy atom. The van der Waals surface area contributed by atoms with Crippen LogP contribution in [0.1, 0.15) is 30.2 Å². The van der Waals surface area contributed by atoms with E-state index in [1.807, 2.05) is 17.0 Å². The molecule has 1 aliphatic heterocycles. The topological polar surface area (TPSA) is 33.2 Å². The SMILES string of the molecule is O=C(C1CC1(Cl)Cl)N1CCC(c2nc3ccccc3s2)CC1. The fourth-order valence-corrected chi connectivity index (χ4v) is 4.74. The number of nitrogens with zero attached hydrogens (tertiary/aromatic N) is 2. The fraction of sp³-hybridized carbons (Fsp3) is 0.500. The van der Waals surface area contributed by atoms with Gasteiger partial charge >= 0.3 is 0 Å². The van der Waals surface area contributed by atoms with E-state index in [2.05, 4.69) is 12.1 Å². The van der Waals surface area contributed by atoms with E-state index in [0.717, 1.165) is 31.4 Å². The van der Waals surface area contributed by atoms with Crippen molar-refractivity contribution in [3.8, 4) is 0 Å². The van der Waals surface area contributed by atoms with Crippen molar-refractivity contribution in [3.63, 3.8) is 0 Å². The van der Waals surface area contributed by atoms with E-state index in [1.165, 1.54) is 9.71 Å². The number of alkyl halides is 2. The minimum atomic E-state index is -0.818. The largest absolute Gasteiger partial charge is 0.342 e. The summed E-state index contributed by atoms with van der Waals surface area (Å²) in [7, 11) is 0. The minimum absolute atomic E-state index is 0.118.